The lowest BCUT2D eigenvalue weighted by Gasteiger charge is -2.56. The molecule has 0 radical (unpaired) electrons. The van der Waals surface area contributed by atoms with E-state index in [4.69, 9.17) is 37.4 Å². The molecule has 5 saturated heterocycles. The summed E-state index contributed by atoms with van der Waals surface area (Å²) < 4.78 is 137. The first kappa shape index (κ1) is 80.9. The number of benzene rings is 5. The van der Waals surface area contributed by atoms with Crippen molar-refractivity contribution in [1.82, 2.24) is 24.5 Å². The summed E-state index contributed by atoms with van der Waals surface area (Å²) in [5.74, 6) is -6.13. The smallest absolute Gasteiger partial charge is 0.326 e. The van der Waals surface area contributed by atoms with Crippen molar-refractivity contribution in [2.45, 2.75) is 215 Å². The second-order valence-corrected chi connectivity index (χ2v) is 35.0. The molecule has 0 spiro atoms. The van der Waals surface area contributed by atoms with Crippen LogP contribution in [0, 0.1) is 60.4 Å². The highest BCUT2D eigenvalue weighted by Gasteiger charge is 2.53. The number of aryl methyl sites for hydroxylation is 2. The van der Waals surface area contributed by atoms with Crippen molar-refractivity contribution in [2.24, 2.45) is 29.1 Å². The molecule has 3 amide bonds. The predicted octanol–water partition coefficient (Wildman–Crippen LogP) is 16.6. The summed E-state index contributed by atoms with van der Waals surface area (Å²) in [4.78, 5) is 81.0. The molecule has 0 unspecified atom stereocenters. The number of carboxylic acids is 3. The number of alkyl halides is 5. The number of nitrogens with zero attached hydrogens (tertiary/aromatic N) is 5. The van der Waals surface area contributed by atoms with Gasteiger partial charge in [-0.1, -0.05) is 54.4 Å². The number of aliphatic carboxylic acids is 3. The summed E-state index contributed by atoms with van der Waals surface area (Å²) in [6.07, 6.45) is 8.83. The quantitative estimate of drug-likeness (QED) is 0.0551. The molecule has 7 saturated carbocycles. The van der Waals surface area contributed by atoms with E-state index in [1.807, 2.05) is 50.2 Å². The molecule has 604 valence electrons. The van der Waals surface area contributed by atoms with Gasteiger partial charge in [-0.15, -0.1) is 0 Å². The Labute approximate surface area is 656 Å². The third kappa shape index (κ3) is 18.2. The molecule has 5 aromatic carbocycles. The van der Waals surface area contributed by atoms with Crippen molar-refractivity contribution in [3.63, 3.8) is 0 Å². The van der Waals surface area contributed by atoms with Crippen molar-refractivity contribution in [3.8, 4) is 17.2 Å². The minimum atomic E-state index is -1.58. The number of amides is 3. The average molecular weight is 1600 g/mol. The molecule has 5 aliphatic heterocycles. The highest BCUT2D eigenvalue weighted by Crippen LogP contribution is 2.61. The van der Waals surface area contributed by atoms with Crippen LogP contribution in [0.3, 0.4) is 0 Å². The Bertz CT molecular complexity index is 4380. The molecule has 112 heavy (non-hydrogen) atoms. The summed E-state index contributed by atoms with van der Waals surface area (Å²) >= 11 is 12.6. The van der Waals surface area contributed by atoms with Crippen molar-refractivity contribution in [3.05, 3.63) is 156 Å². The van der Waals surface area contributed by atoms with Gasteiger partial charge in [0.1, 0.15) is 95.9 Å². The van der Waals surface area contributed by atoms with Crippen molar-refractivity contribution in [1.29, 1.82) is 0 Å². The second-order valence-electron chi connectivity index (χ2n) is 34.2. The lowest BCUT2D eigenvalue weighted by atomic mass is 9.50. The van der Waals surface area contributed by atoms with E-state index in [0.717, 1.165) is 111 Å². The maximum Gasteiger partial charge on any atom is 0.326 e. The number of hydrogen-bond donors (Lipinski definition) is 3. The summed E-state index contributed by atoms with van der Waals surface area (Å²) in [5.41, 5.74) is 2.38. The van der Waals surface area contributed by atoms with Crippen molar-refractivity contribution >= 4 is 58.8 Å². The van der Waals surface area contributed by atoms with Gasteiger partial charge in [0.2, 0.25) is 0 Å². The zero-order chi connectivity index (χ0) is 79.6. The number of halogens is 10. The Kier molecular flexibility index (Phi) is 23.7. The molecule has 12 aliphatic rings. The standard InChI is InChI=1S/2C29H32ClF3N2O4.C27H33F2NO4/c1-17-2-3-18(10-23(17)30)14-34-8-6-29(33,7-9-34)16-39-26-13-24(32)22(12-21(26)19-4-5-19)27(36)35-15-20(31)11-25(35)28(37)38;1-17-2-3-19(23(30)10-17)14-34-8-6-29(33,7-9-34)16-39-26-13-24(32)22(12-21(26)18-4-5-18)27(36)35-15-20(31)11-25(35)28(37)38;1-14-22(29)12-30(24(14)26(32)33)25(31)20-7-19(18-2-3-18)23(8-21(20)28)34-13-27-9-15-4-16(10-27)6-17(5-15)11-27/h2-3,10,12-13,19-20,25H,4-9,11,14-16H2,1H3,(H,37,38);2-3,10,12-13,18,20,25H,4-9,11,14-16H2,1H3,(H,37,38);7-8,14-18,22,24H,2-6,9-13H2,1H3,(H,32,33)/t2*20-,25+;14-,15?,16?,17?,22-,24-,27?/m110/s1. The Morgan fingerprint density at radius 2 is 0.902 bits per heavy atom. The number of carbonyl (C=O) groups excluding carboxylic acids is 3. The van der Waals surface area contributed by atoms with Crippen molar-refractivity contribution in [2.75, 3.05) is 65.6 Å². The lowest BCUT2D eigenvalue weighted by molar-refractivity contribution is -0.143. The van der Waals surface area contributed by atoms with Gasteiger partial charge in [0.15, 0.2) is 0 Å². The molecule has 27 heteroatoms. The number of carboxylic acid groups (broad SMARTS) is 3. The van der Waals surface area contributed by atoms with Gasteiger partial charge in [-0.25, -0.2) is 49.5 Å². The fourth-order valence-electron chi connectivity index (χ4n) is 18.8. The zero-order valence-electron chi connectivity index (χ0n) is 63.2. The second kappa shape index (κ2) is 32.9. The minimum Gasteiger partial charge on any atom is -0.493 e. The third-order valence-corrected chi connectivity index (χ3v) is 26.1. The Balaban J connectivity index is 0.000000140. The zero-order valence-corrected chi connectivity index (χ0v) is 64.7. The Hall–Kier alpha value is -7.74. The van der Waals surface area contributed by atoms with Crippen LogP contribution >= 0.6 is 23.2 Å². The summed E-state index contributed by atoms with van der Waals surface area (Å²) in [5, 5.41) is 29.7. The van der Waals surface area contributed by atoms with Crippen LogP contribution in [0.4, 0.5) is 35.1 Å². The van der Waals surface area contributed by atoms with Crippen LogP contribution in [-0.2, 0) is 27.5 Å². The van der Waals surface area contributed by atoms with Crippen LogP contribution in [0.25, 0.3) is 0 Å². The van der Waals surface area contributed by atoms with Gasteiger partial charge >= 0.3 is 17.9 Å². The monoisotopic (exact) mass is 1600 g/mol. The maximum absolute atomic E-state index is 15.7. The van der Waals surface area contributed by atoms with Crippen LogP contribution in [0.15, 0.2) is 72.8 Å². The third-order valence-electron chi connectivity index (χ3n) is 25.3. The molecule has 7 aliphatic carbocycles. The van der Waals surface area contributed by atoms with Gasteiger partial charge in [0, 0.05) is 91.7 Å². The fourth-order valence-corrected chi connectivity index (χ4v) is 19.3. The summed E-state index contributed by atoms with van der Waals surface area (Å²) in [6.45, 7) is 7.82. The molecule has 17 nitrogen and oxygen atoms in total. The van der Waals surface area contributed by atoms with Crippen LogP contribution in [0.1, 0.15) is 210 Å². The normalized spacial score (nSPS) is 27.8. The molecule has 4 bridgehead atoms. The minimum absolute atomic E-state index is 0.0478. The van der Waals surface area contributed by atoms with Gasteiger partial charge in [0.05, 0.1) is 42.9 Å². The Morgan fingerprint density at radius 3 is 1.29 bits per heavy atom. The number of piperidine rings is 2. The number of ether oxygens (including phenoxy) is 3. The van der Waals surface area contributed by atoms with Crippen LogP contribution in [0.2, 0.25) is 10.0 Å². The predicted molar refractivity (Wildman–Crippen MR) is 402 cm³/mol. The van der Waals surface area contributed by atoms with Crippen LogP contribution in [0.5, 0.6) is 17.2 Å². The molecule has 17 rings (SSSR count). The molecule has 12 fully saturated rings. The van der Waals surface area contributed by atoms with Gasteiger partial charge in [-0.2, -0.15) is 0 Å². The Morgan fingerprint density at radius 1 is 0.491 bits per heavy atom. The van der Waals surface area contributed by atoms with Gasteiger partial charge in [-0.3, -0.25) is 24.2 Å². The van der Waals surface area contributed by atoms with E-state index >= 15 is 22.0 Å². The molecular weight excluding hydrogens is 1510 g/mol. The van der Waals surface area contributed by atoms with E-state index in [1.54, 1.807) is 6.07 Å². The molecule has 0 aromatic heterocycles. The first-order valence-corrected chi connectivity index (χ1v) is 40.3. The topological polar surface area (TPSA) is 207 Å². The SMILES string of the molecule is C[C@@H]1[C@@H](C(=O)O)N(C(=O)c2cc(C3CC3)c(OCC34CC5CC(CC(C5)C3)C4)cc2F)C[C@@H]1F.Cc1ccc(CN2CCC(F)(COc3cc(F)c(C(=O)N4C[C@H](F)C[C@H]4C(=O)O)cc3C3CC3)CC2)c(Cl)c1.Cc1ccc(CN2CCC(F)(COc3cc(F)c(C(=O)N4C[C@H](F)C[C@H]4C(=O)O)cc3C3CC3)CC2)cc1Cl. The van der Waals surface area contributed by atoms with E-state index in [0.29, 0.717) is 72.8 Å². The number of carbonyl (C=O) groups is 6. The molecule has 5 heterocycles. The lowest BCUT2D eigenvalue weighted by Crippen LogP contribution is -2.48. The first-order chi connectivity index (χ1) is 53.3. The molecule has 5 aromatic rings. The van der Waals surface area contributed by atoms with Crippen LogP contribution in [-0.4, -0.2) is 189 Å². The van der Waals surface area contributed by atoms with Gasteiger partial charge < -0.3 is 44.2 Å². The molecule has 3 N–H and O–H groups in total. The fraction of sp³-hybridized carbons (Fsp3) is 0.576. The van der Waals surface area contributed by atoms with Gasteiger partial charge in [0.25, 0.3) is 17.7 Å². The van der Waals surface area contributed by atoms with E-state index in [2.05, 4.69) is 9.80 Å². The number of hydrogen-bond acceptors (Lipinski definition) is 11. The number of rotatable bonds is 22. The number of likely N-dealkylation sites (tertiary alicyclic amines) is 5. The van der Waals surface area contributed by atoms with E-state index in [9.17, 15) is 57.3 Å². The highest BCUT2D eigenvalue weighted by atomic mass is 35.5. The summed E-state index contributed by atoms with van der Waals surface area (Å²) in [6, 6.07) is 15.6. The van der Waals surface area contributed by atoms with Crippen molar-refractivity contribution < 1.29 is 93.4 Å². The average Bonchev–Trinajstić information content (AvgIpc) is 1.38. The largest absolute Gasteiger partial charge is 0.493 e. The summed E-state index contributed by atoms with van der Waals surface area (Å²) in [7, 11) is 0. The van der Waals surface area contributed by atoms with E-state index < -0.39 is 120 Å². The van der Waals surface area contributed by atoms with E-state index in [-0.39, 0.29) is 110 Å². The first-order valence-electron chi connectivity index (χ1n) is 39.5. The maximum atomic E-state index is 15.7. The molecular formula is C85H97Cl2F8N5O12. The van der Waals surface area contributed by atoms with E-state index in [1.165, 1.54) is 63.6 Å². The highest BCUT2D eigenvalue weighted by molar-refractivity contribution is 6.31. The van der Waals surface area contributed by atoms with Crippen LogP contribution < -0.4 is 14.2 Å². The van der Waals surface area contributed by atoms with Gasteiger partial charge in [-0.05, 0) is 221 Å². The molecule has 7 atom stereocenters.